The highest BCUT2D eigenvalue weighted by Gasteiger charge is 2.82. The van der Waals surface area contributed by atoms with Crippen molar-refractivity contribution >= 4 is 12.6 Å². The standard InChI is InChI=1S/C6H5F9S/c1-2(16)3(7,8)4(9,10)5(11,12)6(13,14)15/h2,16H,1H3. The van der Waals surface area contributed by atoms with E-state index in [1.54, 1.807) is 0 Å². The van der Waals surface area contributed by atoms with Gasteiger partial charge in [0.15, 0.2) is 0 Å². The van der Waals surface area contributed by atoms with Gasteiger partial charge in [0.1, 0.15) is 0 Å². The molecule has 1 unspecified atom stereocenters. The van der Waals surface area contributed by atoms with Crippen molar-refractivity contribution in [2.24, 2.45) is 0 Å². The first-order valence-electron chi connectivity index (χ1n) is 3.58. The topological polar surface area (TPSA) is 0 Å². The average Bonchev–Trinajstić information content (AvgIpc) is 2.00. The van der Waals surface area contributed by atoms with E-state index in [-0.39, 0.29) is 6.92 Å². The van der Waals surface area contributed by atoms with Crippen molar-refractivity contribution in [3.05, 3.63) is 0 Å². The van der Waals surface area contributed by atoms with Crippen LogP contribution in [0.2, 0.25) is 0 Å². The summed E-state index contributed by atoms with van der Waals surface area (Å²) < 4.78 is 109. The quantitative estimate of drug-likeness (QED) is 0.590. The van der Waals surface area contributed by atoms with E-state index in [9.17, 15) is 39.5 Å². The molecular weight excluding hydrogens is 275 g/mol. The van der Waals surface area contributed by atoms with Crippen LogP contribution in [0.3, 0.4) is 0 Å². The summed E-state index contributed by atoms with van der Waals surface area (Å²) in [7, 11) is 0. The Morgan fingerprint density at radius 3 is 1.25 bits per heavy atom. The molecule has 0 saturated heterocycles. The molecule has 0 nitrogen and oxygen atoms in total. The third-order valence-corrected chi connectivity index (χ3v) is 2.02. The van der Waals surface area contributed by atoms with Crippen LogP contribution >= 0.6 is 12.6 Å². The van der Waals surface area contributed by atoms with Crippen molar-refractivity contribution in [2.75, 3.05) is 0 Å². The third kappa shape index (κ3) is 2.07. The van der Waals surface area contributed by atoms with Crippen molar-refractivity contribution in [1.29, 1.82) is 0 Å². The van der Waals surface area contributed by atoms with Gasteiger partial charge in [-0.15, -0.1) is 0 Å². The number of alkyl halides is 9. The summed E-state index contributed by atoms with van der Waals surface area (Å²) in [6, 6.07) is 0. The average molecular weight is 280 g/mol. The van der Waals surface area contributed by atoms with Gasteiger partial charge in [-0.05, 0) is 6.92 Å². The second-order valence-electron chi connectivity index (χ2n) is 2.95. The Balaban J connectivity index is 5.53. The lowest BCUT2D eigenvalue weighted by Gasteiger charge is -2.35. The summed E-state index contributed by atoms with van der Waals surface area (Å²) in [5.41, 5.74) is 0. The van der Waals surface area contributed by atoms with E-state index >= 15 is 0 Å². The Kier molecular flexibility index (Phi) is 3.81. The van der Waals surface area contributed by atoms with Crippen LogP contribution in [0.25, 0.3) is 0 Å². The van der Waals surface area contributed by atoms with Gasteiger partial charge in [0.2, 0.25) is 0 Å². The Hall–Kier alpha value is -0.280. The van der Waals surface area contributed by atoms with Gasteiger partial charge in [-0.1, -0.05) is 0 Å². The first-order chi connectivity index (χ1) is 6.69. The van der Waals surface area contributed by atoms with Crippen molar-refractivity contribution in [1.82, 2.24) is 0 Å². The van der Waals surface area contributed by atoms with Gasteiger partial charge < -0.3 is 0 Å². The minimum absolute atomic E-state index is 0.281. The Morgan fingerprint density at radius 1 is 0.750 bits per heavy atom. The van der Waals surface area contributed by atoms with Gasteiger partial charge in [0.25, 0.3) is 0 Å². The van der Waals surface area contributed by atoms with E-state index in [0.717, 1.165) is 0 Å². The number of halogens is 9. The molecule has 10 heteroatoms. The van der Waals surface area contributed by atoms with Crippen molar-refractivity contribution in [2.45, 2.75) is 36.1 Å². The first-order valence-corrected chi connectivity index (χ1v) is 4.09. The molecule has 0 N–H and O–H groups in total. The zero-order valence-corrected chi connectivity index (χ0v) is 8.32. The highest BCUT2D eigenvalue weighted by molar-refractivity contribution is 7.81. The molecule has 0 rings (SSSR count). The molecule has 0 aromatic heterocycles. The summed E-state index contributed by atoms with van der Waals surface area (Å²) >= 11 is 2.77. The maximum atomic E-state index is 12.5. The second-order valence-corrected chi connectivity index (χ2v) is 3.72. The summed E-state index contributed by atoms with van der Waals surface area (Å²) in [6.07, 6.45) is -6.78. The Bertz CT molecular complexity index is 253. The fraction of sp³-hybridized carbons (Fsp3) is 1.00. The molecule has 16 heavy (non-hydrogen) atoms. The molecule has 98 valence electrons. The number of hydrogen-bond donors (Lipinski definition) is 1. The van der Waals surface area contributed by atoms with Gasteiger partial charge in [0.05, 0.1) is 5.25 Å². The van der Waals surface area contributed by atoms with E-state index in [1.165, 1.54) is 0 Å². The molecule has 0 aliphatic carbocycles. The smallest absolute Gasteiger partial charge is 0.198 e. The first kappa shape index (κ1) is 15.7. The highest BCUT2D eigenvalue weighted by Crippen LogP contribution is 2.54. The maximum absolute atomic E-state index is 12.5. The SMILES string of the molecule is CC(S)C(F)(F)C(F)(F)C(F)(F)C(F)(F)F. The zero-order valence-electron chi connectivity index (χ0n) is 7.43. The number of hydrogen-bond acceptors (Lipinski definition) is 1. The summed E-state index contributed by atoms with van der Waals surface area (Å²) in [4.78, 5) is 0. The minimum Gasteiger partial charge on any atom is -0.198 e. The molecule has 0 aromatic rings. The normalized spacial score (nSPS) is 17.4. The van der Waals surface area contributed by atoms with E-state index in [0.29, 0.717) is 0 Å². The minimum atomic E-state index is -6.83. The fourth-order valence-corrected chi connectivity index (χ4v) is 0.812. The molecule has 0 radical (unpaired) electrons. The van der Waals surface area contributed by atoms with Gasteiger partial charge in [-0.25, -0.2) is 0 Å². The molecule has 0 spiro atoms. The molecule has 0 bridgehead atoms. The lowest BCUT2D eigenvalue weighted by molar-refractivity contribution is -0.395. The van der Waals surface area contributed by atoms with Gasteiger partial charge in [-0.2, -0.15) is 52.1 Å². The van der Waals surface area contributed by atoms with Crippen LogP contribution in [0, 0.1) is 0 Å². The largest absolute Gasteiger partial charge is 0.460 e. The van der Waals surface area contributed by atoms with Crippen LogP contribution in [0.4, 0.5) is 39.5 Å². The van der Waals surface area contributed by atoms with Gasteiger partial charge >= 0.3 is 23.9 Å². The summed E-state index contributed by atoms with van der Waals surface area (Å²) in [5, 5.41) is -2.67. The molecule has 0 saturated carbocycles. The van der Waals surface area contributed by atoms with Crippen LogP contribution in [0.1, 0.15) is 6.92 Å². The van der Waals surface area contributed by atoms with Crippen molar-refractivity contribution < 1.29 is 39.5 Å². The van der Waals surface area contributed by atoms with Crippen LogP contribution < -0.4 is 0 Å². The highest BCUT2D eigenvalue weighted by atomic mass is 32.1. The van der Waals surface area contributed by atoms with Gasteiger partial charge in [0, 0.05) is 0 Å². The molecule has 0 aromatic carbocycles. The lowest BCUT2D eigenvalue weighted by atomic mass is 10.0. The fourth-order valence-electron chi connectivity index (χ4n) is 0.650. The summed E-state index contributed by atoms with van der Waals surface area (Å²) in [6.45, 7) is 0.281. The predicted molar refractivity (Wildman–Crippen MR) is 39.3 cm³/mol. The molecule has 0 amide bonds. The van der Waals surface area contributed by atoms with E-state index in [2.05, 4.69) is 12.6 Å². The van der Waals surface area contributed by atoms with Gasteiger partial charge in [-0.3, -0.25) is 0 Å². The summed E-state index contributed by atoms with van der Waals surface area (Å²) in [5.74, 6) is -19.0. The van der Waals surface area contributed by atoms with Crippen molar-refractivity contribution in [3.63, 3.8) is 0 Å². The number of thiol groups is 1. The van der Waals surface area contributed by atoms with E-state index < -0.39 is 29.2 Å². The molecule has 0 aliphatic heterocycles. The van der Waals surface area contributed by atoms with E-state index in [1.807, 2.05) is 0 Å². The molecule has 1 atom stereocenters. The third-order valence-electron chi connectivity index (χ3n) is 1.69. The Labute approximate surface area is 89.2 Å². The zero-order chi connectivity index (χ0) is 13.6. The Morgan fingerprint density at radius 2 is 1.06 bits per heavy atom. The molecule has 0 fully saturated rings. The van der Waals surface area contributed by atoms with Crippen LogP contribution in [-0.4, -0.2) is 29.2 Å². The molecule has 0 aliphatic rings. The van der Waals surface area contributed by atoms with E-state index in [4.69, 9.17) is 0 Å². The predicted octanol–water partition coefficient (Wildman–Crippen LogP) is 3.77. The molecule has 0 heterocycles. The van der Waals surface area contributed by atoms with Crippen molar-refractivity contribution in [3.8, 4) is 0 Å². The second kappa shape index (κ2) is 3.88. The van der Waals surface area contributed by atoms with Crippen LogP contribution in [0.5, 0.6) is 0 Å². The van der Waals surface area contributed by atoms with Crippen LogP contribution in [-0.2, 0) is 0 Å². The maximum Gasteiger partial charge on any atom is 0.460 e. The monoisotopic (exact) mass is 280 g/mol. The number of rotatable bonds is 3. The lowest BCUT2D eigenvalue weighted by Crippen LogP contribution is -2.63. The molecular formula is C6H5F9S. The van der Waals surface area contributed by atoms with Crippen LogP contribution in [0.15, 0.2) is 0 Å².